The molecular formula is C12H10FN3O5S. The first-order valence-corrected chi connectivity index (χ1v) is 7.52. The largest absolute Gasteiger partial charge is 0.506 e. The van der Waals surface area contributed by atoms with Gasteiger partial charge < -0.3 is 9.63 Å². The molecule has 0 bridgehead atoms. The van der Waals surface area contributed by atoms with E-state index in [4.69, 9.17) is 4.52 Å². The average Bonchev–Trinajstić information content (AvgIpc) is 2.93. The quantitative estimate of drug-likeness (QED) is 0.838. The molecular weight excluding hydrogens is 317 g/mol. The summed E-state index contributed by atoms with van der Waals surface area (Å²) in [4.78, 5) is 11.3. The minimum absolute atomic E-state index is 0.0760. The van der Waals surface area contributed by atoms with Gasteiger partial charge in [0.15, 0.2) is 11.6 Å². The molecule has 2 heterocycles. The molecule has 10 heteroatoms. The van der Waals surface area contributed by atoms with Crippen molar-refractivity contribution in [2.75, 3.05) is 10.8 Å². The topological polar surface area (TPSA) is 113 Å². The van der Waals surface area contributed by atoms with E-state index in [9.17, 15) is 22.7 Å². The minimum atomic E-state index is -4.24. The summed E-state index contributed by atoms with van der Waals surface area (Å²) in [5.74, 6) is -2.39. The Balaban J connectivity index is 2.19. The predicted molar refractivity (Wildman–Crippen MR) is 72.7 cm³/mol. The maximum atomic E-state index is 14.7. The number of amides is 1. The number of hydrogen-bond donors (Lipinski definition) is 2. The number of aromatic hydroxyl groups is 1. The molecule has 2 aromatic rings. The van der Waals surface area contributed by atoms with Gasteiger partial charge in [0.25, 0.3) is 5.91 Å². The van der Waals surface area contributed by atoms with Crippen LogP contribution in [0.1, 0.15) is 5.69 Å². The van der Waals surface area contributed by atoms with Gasteiger partial charge in [0.1, 0.15) is 18.0 Å². The van der Waals surface area contributed by atoms with Gasteiger partial charge in [-0.3, -0.25) is 4.79 Å². The van der Waals surface area contributed by atoms with Gasteiger partial charge in [-0.15, -0.1) is 0 Å². The highest BCUT2D eigenvalue weighted by Gasteiger charge is 2.38. The molecule has 22 heavy (non-hydrogen) atoms. The van der Waals surface area contributed by atoms with Gasteiger partial charge in [0.05, 0.1) is 11.3 Å². The highest BCUT2D eigenvalue weighted by molar-refractivity contribution is 7.92. The number of hydrogen-bond acceptors (Lipinski definition) is 6. The summed E-state index contributed by atoms with van der Waals surface area (Å²) in [5.41, 5.74) is -0.192. The summed E-state index contributed by atoms with van der Waals surface area (Å²) >= 11 is 0. The molecule has 0 unspecified atom stereocenters. The highest BCUT2D eigenvalue weighted by Crippen LogP contribution is 2.38. The van der Waals surface area contributed by atoms with Gasteiger partial charge in [-0.05, 0) is 19.1 Å². The van der Waals surface area contributed by atoms with Crippen LogP contribution in [-0.4, -0.2) is 31.1 Å². The van der Waals surface area contributed by atoms with Gasteiger partial charge in [0, 0.05) is 6.07 Å². The van der Waals surface area contributed by atoms with Gasteiger partial charge in [0.2, 0.25) is 0 Å². The van der Waals surface area contributed by atoms with E-state index in [1.807, 2.05) is 0 Å². The molecule has 8 nitrogen and oxygen atoms in total. The molecule has 0 spiro atoms. The van der Waals surface area contributed by atoms with E-state index in [1.54, 1.807) is 11.6 Å². The van der Waals surface area contributed by atoms with E-state index in [1.165, 1.54) is 12.1 Å². The average molecular weight is 327 g/mol. The first kappa shape index (κ1) is 14.3. The molecule has 1 aliphatic heterocycles. The Bertz CT molecular complexity index is 877. The van der Waals surface area contributed by atoms with Crippen molar-refractivity contribution in [1.82, 2.24) is 9.88 Å². The fourth-order valence-corrected chi connectivity index (χ4v) is 3.28. The fourth-order valence-electron chi connectivity index (χ4n) is 2.12. The van der Waals surface area contributed by atoms with Crippen LogP contribution in [0.4, 0.5) is 10.1 Å². The van der Waals surface area contributed by atoms with Gasteiger partial charge in [-0.25, -0.2) is 13.4 Å². The minimum Gasteiger partial charge on any atom is -0.506 e. The number of phenols is 1. The third kappa shape index (κ3) is 2.17. The van der Waals surface area contributed by atoms with Crippen molar-refractivity contribution in [2.45, 2.75) is 6.92 Å². The Morgan fingerprint density at radius 2 is 2.18 bits per heavy atom. The fraction of sp³-hybridized carbons (Fsp3) is 0.167. The molecule has 2 N–H and O–H groups in total. The number of carbonyl (C=O) groups excluding carboxylic acids is 1. The standard InChI is InChI=1S/C12H10FN3O5S/c1-6-4-9(21-14-6)7-2-3-8(17)12(11(7)13)16-5-10(18)15-22(16,19)20/h2-4,17H,5H2,1H3,(H,15,18). The molecule has 3 rings (SSSR count). The molecule has 0 atom stereocenters. The second kappa shape index (κ2) is 4.70. The van der Waals surface area contributed by atoms with Crippen LogP contribution >= 0.6 is 0 Å². The normalized spacial score (nSPS) is 16.8. The number of carbonyl (C=O) groups is 1. The summed E-state index contributed by atoms with van der Waals surface area (Å²) in [7, 11) is -4.24. The Kier molecular flexibility index (Phi) is 3.06. The van der Waals surface area contributed by atoms with Gasteiger partial charge >= 0.3 is 10.2 Å². The van der Waals surface area contributed by atoms with E-state index >= 15 is 0 Å². The third-order valence-electron chi connectivity index (χ3n) is 3.06. The van der Waals surface area contributed by atoms with Gasteiger partial charge in [-0.1, -0.05) is 5.16 Å². The number of aryl methyl sites for hydroxylation is 1. The van der Waals surface area contributed by atoms with Crippen LogP contribution in [0.5, 0.6) is 5.75 Å². The number of benzene rings is 1. The molecule has 0 saturated carbocycles. The molecule has 0 radical (unpaired) electrons. The number of aromatic nitrogens is 1. The van der Waals surface area contributed by atoms with Gasteiger partial charge in [-0.2, -0.15) is 8.42 Å². The van der Waals surface area contributed by atoms with E-state index in [-0.39, 0.29) is 11.3 Å². The predicted octanol–water partition coefficient (Wildman–Crippen LogP) is 0.676. The third-order valence-corrected chi connectivity index (χ3v) is 4.44. The molecule has 0 aliphatic carbocycles. The van der Waals surface area contributed by atoms with E-state index in [0.717, 1.165) is 6.07 Å². The SMILES string of the molecule is Cc1cc(-c2ccc(O)c(N3CC(=O)NS3(=O)=O)c2F)on1. The van der Waals surface area contributed by atoms with Crippen molar-refractivity contribution in [3.8, 4) is 17.1 Å². The zero-order valence-electron chi connectivity index (χ0n) is 11.2. The van der Waals surface area contributed by atoms with Crippen LogP contribution in [-0.2, 0) is 15.0 Å². The summed E-state index contributed by atoms with van der Waals surface area (Å²) in [5, 5.41) is 13.4. The van der Waals surface area contributed by atoms with Crippen LogP contribution in [0, 0.1) is 12.7 Å². The lowest BCUT2D eigenvalue weighted by Crippen LogP contribution is -2.30. The number of nitrogens with one attached hydrogen (secondary N) is 1. The van der Waals surface area contributed by atoms with Crippen molar-refractivity contribution in [3.63, 3.8) is 0 Å². The highest BCUT2D eigenvalue weighted by atomic mass is 32.2. The van der Waals surface area contributed by atoms with Crippen molar-refractivity contribution in [3.05, 3.63) is 29.7 Å². The number of nitrogens with zero attached hydrogens (tertiary/aromatic N) is 2. The number of phenolic OH excluding ortho intramolecular Hbond substituents is 1. The van der Waals surface area contributed by atoms with Crippen molar-refractivity contribution < 1.29 is 27.2 Å². The molecule has 1 amide bonds. The number of halogens is 1. The van der Waals surface area contributed by atoms with Crippen LogP contribution < -0.4 is 9.03 Å². The first-order chi connectivity index (χ1) is 10.3. The summed E-state index contributed by atoms with van der Waals surface area (Å²) < 4.78 is 45.4. The lowest BCUT2D eigenvalue weighted by Gasteiger charge is -2.17. The molecule has 1 aromatic carbocycles. The van der Waals surface area contributed by atoms with E-state index in [0.29, 0.717) is 10.00 Å². The van der Waals surface area contributed by atoms with E-state index in [2.05, 4.69) is 5.16 Å². The zero-order chi connectivity index (χ0) is 16.1. The monoisotopic (exact) mass is 327 g/mol. The Morgan fingerprint density at radius 1 is 1.45 bits per heavy atom. The van der Waals surface area contributed by atoms with Crippen LogP contribution in [0.2, 0.25) is 0 Å². The Labute approximate surface area is 124 Å². The molecule has 1 fully saturated rings. The lowest BCUT2D eigenvalue weighted by molar-refractivity contribution is -0.117. The maximum absolute atomic E-state index is 14.7. The van der Waals surface area contributed by atoms with Crippen molar-refractivity contribution in [2.24, 2.45) is 0 Å². The maximum Gasteiger partial charge on any atom is 0.326 e. The smallest absolute Gasteiger partial charge is 0.326 e. The Morgan fingerprint density at radius 3 is 2.73 bits per heavy atom. The second-order valence-corrected chi connectivity index (χ2v) is 6.26. The number of anilines is 1. The summed E-state index contributed by atoms with van der Waals surface area (Å²) in [6.45, 7) is 1.02. The first-order valence-electron chi connectivity index (χ1n) is 6.08. The van der Waals surface area contributed by atoms with Crippen LogP contribution in [0.25, 0.3) is 11.3 Å². The lowest BCUT2D eigenvalue weighted by atomic mass is 10.1. The van der Waals surface area contributed by atoms with Crippen molar-refractivity contribution in [1.29, 1.82) is 0 Å². The molecule has 1 saturated heterocycles. The Hall–Kier alpha value is -2.62. The summed E-state index contributed by atoms with van der Waals surface area (Å²) in [6.07, 6.45) is 0. The zero-order valence-corrected chi connectivity index (χ0v) is 12.0. The molecule has 116 valence electrons. The van der Waals surface area contributed by atoms with Crippen LogP contribution in [0.3, 0.4) is 0 Å². The summed E-state index contributed by atoms with van der Waals surface area (Å²) in [6, 6.07) is 3.80. The van der Waals surface area contributed by atoms with Crippen molar-refractivity contribution >= 4 is 21.8 Å². The van der Waals surface area contributed by atoms with Crippen LogP contribution in [0.15, 0.2) is 22.7 Å². The molecule has 1 aromatic heterocycles. The second-order valence-electron chi connectivity index (χ2n) is 4.66. The van der Waals surface area contributed by atoms with E-state index < -0.39 is 39.9 Å². The number of rotatable bonds is 2. The molecule has 1 aliphatic rings.